The fourth-order valence-electron chi connectivity index (χ4n) is 4.52. The van der Waals surface area contributed by atoms with Gasteiger partial charge in [0, 0.05) is 31.9 Å². The molecule has 35 heavy (non-hydrogen) atoms. The molecule has 0 unspecified atom stereocenters. The fraction of sp³-hybridized carbons (Fsp3) is 0.250. The Bertz CT molecular complexity index is 1300. The lowest BCUT2D eigenvalue weighted by molar-refractivity contribution is 0.0873. The third-order valence-corrected chi connectivity index (χ3v) is 7.13. The number of allylic oxidation sites excluding steroid dienone is 1. The van der Waals surface area contributed by atoms with Crippen LogP contribution in [0.15, 0.2) is 60.4 Å². The van der Waals surface area contributed by atoms with E-state index in [1.165, 1.54) is 0 Å². The fourth-order valence-corrected chi connectivity index (χ4v) is 4.84. The Morgan fingerprint density at radius 1 is 1.00 bits per heavy atom. The van der Waals surface area contributed by atoms with E-state index >= 15 is 0 Å². The number of ether oxygens (including phenoxy) is 2. The minimum Gasteiger partial charge on any atom is -0.478 e. The second kappa shape index (κ2) is 9.94. The van der Waals surface area contributed by atoms with E-state index in [1.54, 1.807) is 18.2 Å². The van der Waals surface area contributed by atoms with Crippen molar-refractivity contribution in [3.8, 4) is 11.5 Å². The minimum atomic E-state index is -0.114. The van der Waals surface area contributed by atoms with Crippen molar-refractivity contribution in [2.75, 3.05) is 24.7 Å². The summed E-state index contributed by atoms with van der Waals surface area (Å²) in [5.41, 5.74) is 4.55. The number of anilines is 1. The highest BCUT2D eigenvalue weighted by Crippen LogP contribution is 2.42. The van der Waals surface area contributed by atoms with E-state index < -0.39 is 0 Å². The summed E-state index contributed by atoms with van der Waals surface area (Å²) in [4.78, 5) is 17.5. The Kier molecular flexibility index (Phi) is 6.74. The van der Waals surface area contributed by atoms with Crippen LogP contribution in [0.1, 0.15) is 40.9 Å². The normalized spacial score (nSPS) is 16.0. The van der Waals surface area contributed by atoms with Gasteiger partial charge in [-0.3, -0.25) is 9.69 Å². The molecular weight excluding hydrogens is 483 g/mol. The smallest absolute Gasteiger partial charge is 0.231 e. The minimum absolute atomic E-state index is 0.114. The zero-order valence-electron chi connectivity index (χ0n) is 19.7. The van der Waals surface area contributed by atoms with Gasteiger partial charge in [-0.25, -0.2) is 0 Å². The summed E-state index contributed by atoms with van der Waals surface area (Å²) in [6.07, 6.45) is 1.80. The van der Waals surface area contributed by atoms with Crippen molar-refractivity contribution in [1.29, 1.82) is 0 Å². The number of nitrogens with zero attached hydrogens (tertiary/aromatic N) is 2. The van der Waals surface area contributed by atoms with E-state index in [0.717, 1.165) is 41.2 Å². The van der Waals surface area contributed by atoms with Gasteiger partial charge in [0.15, 0.2) is 5.76 Å². The molecule has 5 rings (SSSR count). The standard InChI is InChI=1S/C28H26Cl2N2O3/c1-3-32(4-2)20-8-5-18(6-9-20)14-26-27(33)21-10-12-25-22(28(21)35-26)16-31(17-34-25)15-19-7-11-23(29)24(30)13-19/h5-14H,3-4,15-17H2,1-2H3/b26-14-. The Morgan fingerprint density at radius 2 is 1.77 bits per heavy atom. The monoisotopic (exact) mass is 508 g/mol. The van der Waals surface area contributed by atoms with Gasteiger partial charge >= 0.3 is 0 Å². The van der Waals surface area contributed by atoms with Gasteiger partial charge in [0.05, 0.1) is 21.2 Å². The van der Waals surface area contributed by atoms with Gasteiger partial charge in [-0.1, -0.05) is 41.4 Å². The predicted octanol–water partition coefficient (Wildman–Crippen LogP) is 6.81. The van der Waals surface area contributed by atoms with E-state index in [-0.39, 0.29) is 5.78 Å². The molecule has 0 bridgehead atoms. The molecule has 2 aliphatic heterocycles. The molecule has 3 aromatic carbocycles. The highest BCUT2D eigenvalue weighted by molar-refractivity contribution is 6.42. The van der Waals surface area contributed by atoms with Crippen LogP contribution in [-0.2, 0) is 13.1 Å². The molecule has 0 N–H and O–H groups in total. The van der Waals surface area contributed by atoms with Crippen molar-refractivity contribution in [3.63, 3.8) is 0 Å². The largest absolute Gasteiger partial charge is 0.478 e. The molecule has 0 spiro atoms. The lowest BCUT2D eigenvalue weighted by Crippen LogP contribution is -2.31. The number of hydrogen-bond acceptors (Lipinski definition) is 5. The maximum atomic E-state index is 13.1. The summed E-state index contributed by atoms with van der Waals surface area (Å²) in [5.74, 6) is 1.53. The molecule has 2 heterocycles. The maximum Gasteiger partial charge on any atom is 0.231 e. The molecule has 3 aromatic rings. The van der Waals surface area contributed by atoms with Crippen molar-refractivity contribution in [3.05, 3.63) is 92.7 Å². The Morgan fingerprint density at radius 3 is 2.49 bits per heavy atom. The molecule has 0 aliphatic carbocycles. The highest BCUT2D eigenvalue weighted by atomic mass is 35.5. The Hall–Kier alpha value is -2.99. The van der Waals surface area contributed by atoms with E-state index in [9.17, 15) is 4.79 Å². The number of halogens is 2. The molecule has 0 saturated carbocycles. The van der Waals surface area contributed by atoms with E-state index in [4.69, 9.17) is 32.7 Å². The van der Waals surface area contributed by atoms with Crippen LogP contribution in [0.5, 0.6) is 11.5 Å². The number of ketones is 1. The summed E-state index contributed by atoms with van der Waals surface area (Å²) < 4.78 is 12.1. The van der Waals surface area contributed by atoms with Crippen LogP contribution >= 0.6 is 23.2 Å². The zero-order chi connectivity index (χ0) is 24.5. The number of benzene rings is 3. The Balaban J connectivity index is 1.36. The number of hydrogen-bond donors (Lipinski definition) is 0. The van der Waals surface area contributed by atoms with Crippen LogP contribution in [-0.4, -0.2) is 30.5 Å². The lowest BCUT2D eigenvalue weighted by atomic mass is 10.0. The number of rotatable bonds is 6. The van der Waals surface area contributed by atoms with E-state index in [0.29, 0.717) is 46.9 Å². The average Bonchev–Trinajstić information content (AvgIpc) is 3.19. The van der Waals surface area contributed by atoms with Gasteiger partial charge in [0.1, 0.15) is 18.2 Å². The quantitative estimate of drug-likeness (QED) is 0.342. The van der Waals surface area contributed by atoms with Crippen molar-refractivity contribution < 1.29 is 14.3 Å². The summed E-state index contributed by atoms with van der Waals surface area (Å²) in [7, 11) is 0. The van der Waals surface area contributed by atoms with Gasteiger partial charge < -0.3 is 14.4 Å². The second-order valence-electron chi connectivity index (χ2n) is 8.63. The summed E-state index contributed by atoms with van der Waals surface area (Å²) in [6.45, 7) is 7.83. The molecule has 5 nitrogen and oxygen atoms in total. The van der Waals surface area contributed by atoms with Gasteiger partial charge in [-0.05, 0) is 67.4 Å². The van der Waals surface area contributed by atoms with Crippen molar-refractivity contribution in [1.82, 2.24) is 4.90 Å². The van der Waals surface area contributed by atoms with Crippen LogP contribution < -0.4 is 14.4 Å². The first-order chi connectivity index (χ1) is 17.0. The first-order valence-electron chi connectivity index (χ1n) is 11.7. The van der Waals surface area contributed by atoms with Gasteiger partial charge in [-0.2, -0.15) is 0 Å². The molecule has 0 radical (unpaired) electrons. The molecule has 0 fully saturated rings. The van der Waals surface area contributed by atoms with Gasteiger partial charge in [0.2, 0.25) is 5.78 Å². The molecule has 0 saturated heterocycles. The summed E-state index contributed by atoms with van der Waals surface area (Å²) in [6, 6.07) is 17.4. The maximum absolute atomic E-state index is 13.1. The van der Waals surface area contributed by atoms with Crippen LogP contribution in [0.25, 0.3) is 6.08 Å². The predicted molar refractivity (Wildman–Crippen MR) is 141 cm³/mol. The SMILES string of the molecule is CCN(CC)c1ccc(/C=C2\Oc3c(ccc4c3CN(Cc3ccc(Cl)c(Cl)c3)CO4)C2=O)cc1. The number of fused-ring (bicyclic) bond motifs is 3. The van der Waals surface area contributed by atoms with Crippen LogP contribution in [0.4, 0.5) is 5.69 Å². The molecule has 0 atom stereocenters. The van der Waals surface area contributed by atoms with Gasteiger partial charge in [-0.15, -0.1) is 0 Å². The molecule has 0 aromatic heterocycles. The van der Waals surface area contributed by atoms with Crippen LogP contribution in [0.3, 0.4) is 0 Å². The summed E-state index contributed by atoms with van der Waals surface area (Å²) in [5, 5.41) is 1.06. The molecule has 7 heteroatoms. The Labute approximate surface area is 215 Å². The number of carbonyl (C=O) groups is 1. The van der Waals surface area contributed by atoms with E-state index in [1.807, 2.05) is 30.3 Å². The van der Waals surface area contributed by atoms with Crippen molar-refractivity contribution in [2.24, 2.45) is 0 Å². The van der Waals surface area contributed by atoms with Crippen LogP contribution in [0.2, 0.25) is 10.0 Å². The highest BCUT2D eigenvalue weighted by Gasteiger charge is 2.33. The zero-order valence-corrected chi connectivity index (χ0v) is 21.2. The third kappa shape index (κ3) is 4.76. The third-order valence-electron chi connectivity index (χ3n) is 6.39. The second-order valence-corrected chi connectivity index (χ2v) is 9.45. The molecule has 2 aliphatic rings. The van der Waals surface area contributed by atoms with Gasteiger partial charge in [0.25, 0.3) is 0 Å². The van der Waals surface area contributed by atoms with Crippen molar-refractivity contribution in [2.45, 2.75) is 26.9 Å². The summed E-state index contributed by atoms with van der Waals surface area (Å²) >= 11 is 12.2. The lowest BCUT2D eigenvalue weighted by Gasteiger charge is -2.29. The molecule has 0 amide bonds. The topological polar surface area (TPSA) is 42.0 Å². The first kappa shape index (κ1) is 23.7. The first-order valence-corrected chi connectivity index (χ1v) is 12.5. The van der Waals surface area contributed by atoms with E-state index in [2.05, 4.69) is 35.8 Å². The van der Waals surface area contributed by atoms with Crippen molar-refractivity contribution >= 4 is 40.7 Å². The number of carbonyl (C=O) groups excluding carboxylic acids is 1. The molecular formula is C28H26Cl2N2O3. The van der Waals surface area contributed by atoms with Crippen LogP contribution in [0, 0.1) is 0 Å². The molecule has 180 valence electrons. The number of Topliss-reactive ketones (excluding diaryl/α,β-unsaturated/α-hetero) is 1. The average molecular weight is 509 g/mol.